The van der Waals surface area contributed by atoms with Crippen molar-refractivity contribution in [3.8, 4) is 17.2 Å². The quantitative estimate of drug-likeness (QED) is 0.626. The van der Waals surface area contributed by atoms with Gasteiger partial charge in [0.15, 0.2) is 23.4 Å². The van der Waals surface area contributed by atoms with Crippen LogP contribution in [0.4, 0.5) is 0 Å². The van der Waals surface area contributed by atoms with Crippen LogP contribution in [0.15, 0.2) is 30.3 Å². The first-order valence-corrected chi connectivity index (χ1v) is 13.1. The molecule has 0 unspecified atom stereocenters. The highest BCUT2D eigenvalue weighted by atomic mass is 16.5. The Morgan fingerprint density at radius 2 is 1.80 bits per heavy atom. The van der Waals surface area contributed by atoms with Crippen molar-refractivity contribution in [3.05, 3.63) is 52.6 Å². The summed E-state index contributed by atoms with van der Waals surface area (Å²) >= 11 is 0. The lowest BCUT2D eigenvalue weighted by Crippen LogP contribution is -2.65. The van der Waals surface area contributed by atoms with E-state index in [2.05, 4.69) is 45.7 Å². The summed E-state index contributed by atoms with van der Waals surface area (Å²) in [5.74, 6) is 3.71. The SMILES string of the molecule is CC(C)c1cccc(C(C)C)c1O.COc1ccc2c3c1O[C@H]1C(=O)CC[C@H]4[C@@H](C2)N(C)CC[C@]314. The monoisotopic (exact) mass is 477 g/mol. The van der Waals surface area contributed by atoms with Crippen LogP contribution in [0.5, 0.6) is 17.2 Å². The molecule has 4 aliphatic rings. The number of likely N-dealkylation sites (N-methyl/N-ethyl adjacent to an activating group) is 1. The summed E-state index contributed by atoms with van der Waals surface area (Å²) < 4.78 is 11.8. The second-order valence-electron chi connectivity index (χ2n) is 11.4. The Balaban J connectivity index is 0.000000168. The van der Waals surface area contributed by atoms with Gasteiger partial charge in [0.2, 0.25) is 0 Å². The first kappa shape index (κ1) is 24.2. The van der Waals surface area contributed by atoms with Crippen molar-refractivity contribution in [3.63, 3.8) is 0 Å². The van der Waals surface area contributed by atoms with Crippen LogP contribution in [0.1, 0.15) is 81.0 Å². The molecule has 2 aromatic rings. The van der Waals surface area contributed by atoms with Crippen LogP contribution in [-0.4, -0.2) is 48.6 Å². The van der Waals surface area contributed by atoms with Gasteiger partial charge in [0.05, 0.1) is 7.11 Å². The van der Waals surface area contributed by atoms with Crippen LogP contribution in [-0.2, 0) is 16.6 Å². The molecule has 2 aromatic carbocycles. The molecule has 5 nitrogen and oxygen atoms in total. The third-order valence-electron chi connectivity index (χ3n) is 8.93. The Hall–Kier alpha value is -2.53. The van der Waals surface area contributed by atoms with Gasteiger partial charge in [-0.2, -0.15) is 0 Å². The molecule has 1 saturated heterocycles. The van der Waals surface area contributed by atoms with Crippen LogP contribution < -0.4 is 9.47 Å². The number of ketones is 1. The van der Waals surface area contributed by atoms with Gasteiger partial charge in [-0.15, -0.1) is 0 Å². The zero-order valence-electron chi connectivity index (χ0n) is 21.9. The van der Waals surface area contributed by atoms with Crippen molar-refractivity contribution >= 4 is 5.78 Å². The Bertz CT molecular complexity index is 1110. The zero-order chi connectivity index (χ0) is 25.1. The van der Waals surface area contributed by atoms with Crippen molar-refractivity contribution in [2.75, 3.05) is 20.7 Å². The number of ether oxygens (including phenoxy) is 2. The molecule has 35 heavy (non-hydrogen) atoms. The number of nitrogens with zero attached hydrogens (tertiary/aromatic N) is 1. The van der Waals surface area contributed by atoms with E-state index < -0.39 is 0 Å². The summed E-state index contributed by atoms with van der Waals surface area (Å²) in [5.41, 5.74) is 4.67. The number of methoxy groups -OCH3 is 1. The van der Waals surface area contributed by atoms with Crippen molar-refractivity contribution in [1.29, 1.82) is 0 Å². The lowest BCUT2D eigenvalue weighted by Gasteiger charge is -2.57. The third-order valence-corrected chi connectivity index (χ3v) is 8.93. The molecule has 1 spiro atoms. The molecule has 0 aromatic heterocycles. The summed E-state index contributed by atoms with van der Waals surface area (Å²) in [6.45, 7) is 9.43. The number of Topliss-reactive ketones (excluding diaryl/α,β-unsaturated/α-hetero) is 1. The minimum absolute atomic E-state index is 0.0933. The number of phenolic OH excluding ortho intramolecular Hbond substituents is 1. The van der Waals surface area contributed by atoms with E-state index in [0.29, 0.717) is 36.0 Å². The number of likely N-dealkylation sites (tertiary alicyclic amines) is 1. The predicted octanol–water partition coefficient (Wildman–Crippen LogP) is 5.57. The first-order chi connectivity index (χ1) is 16.7. The van der Waals surface area contributed by atoms with E-state index in [1.165, 1.54) is 11.1 Å². The van der Waals surface area contributed by atoms with Crippen molar-refractivity contribution in [2.45, 2.75) is 82.8 Å². The number of hydrogen-bond acceptors (Lipinski definition) is 5. The van der Waals surface area contributed by atoms with Crippen LogP contribution in [0.25, 0.3) is 0 Å². The molecule has 1 saturated carbocycles. The third kappa shape index (κ3) is 3.57. The van der Waals surface area contributed by atoms with Crippen LogP contribution >= 0.6 is 0 Å². The summed E-state index contributed by atoms with van der Waals surface area (Å²) in [4.78, 5) is 15.1. The fraction of sp³-hybridized carbons (Fsp3) is 0.567. The molecule has 188 valence electrons. The van der Waals surface area contributed by atoms with Gasteiger partial charge in [0.1, 0.15) is 5.75 Å². The molecule has 2 aliphatic heterocycles. The predicted molar refractivity (Wildman–Crippen MR) is 138 cm³/mol. The van der Waals surface area contributed by atoms with E-state index in [-0.39, 0.29) is 17.3 Å². The van der Waals surface area contributed by atoms with Gasteiger partial charge in [-0.05, 0) is 73.4 Å². The lowest BCUT2D eigenvalue weighted by molar-refractivity contribution is -0.138. The maximum absolute atomic E-state index is 12.6. The van der Waals surface area contributed by atoms with Crippen molar-refractivity contribution in [1.82, 2.24) is 4.90 Å². The van der Waals surface area contributed by atoms with Gasteiger partial charge >= 0.3 is 0 Å². The molecule has 1 N–H and O–H groups in total. The van der Waals surface area contributed by atoms with Crippen LogP contribution in [0, 0.1) is 5.92 Å². The minimum Gasteiger partial charge on any atom is -0.507 e. The molecule has 6 rings (SSSR count). The number of carbonyl (C=O) groups is 1. The number of benzene rings is 2. The number of piperidine rings is 1. The smallest absolute Gasteiger partial charge is 0.174 e. The average Bonchev–Trinajstić information content (AvgIpc) is 3.18. The Morgan fingerprint density at radius 1 is 1.11 bits per heavy atom. The molecule has 4 atom stereocenters. The van der Waals surface area contributed by atoms with E-state index in [1.807, 2.05) is 24.3 Å². The van der Waals surface area contributed by atoms with E-state index in [0.717, 1.165) is 48.4 Å². The van der Waals surface area contributed by atoms with E-state index in [1.54, 1.807) is 7.11 Å². The summed E-state index contributed by atoms with van der Waals surface area (Å²) in [5, 5.41) is 9.93. The van der Waals surface area contributed by atoms with Gasteiger partial charge < -0.3 is 19.5 Å². The van der Waals surface area contributed by atoms with Crippen molar-refractivity contribution in [2.24, 2.45) is 5.92 Å². The summed E-state index contributed by atoms with van der Waals surface area (Å²) in [6, 6.07) is 10.7. The molecular formula is C30H39NO4. The number of aromatic hydroxyl groups is 1. The number of carbonyl (C=O) groups excluding carboxylic acids is 1. The Morgan fingerprint density at radius 3 is 2.43 bits per heavy atom. The highest BCUT2D eigenvalue weighted by molar-refractivity contribution is 5.89. The largest absolute Gasteiger partial charge is 0.507 e. The molecule has 5 heteroatoms. The Kier molecular flexibility index (Phi) is 6.11. The molecule has 2 aliphatic carbocycles. The van der Waals surface area contributed by atoms with E-state index >= 15 is 0 Å². The molecule has 2 fully saturated rings. The number of phenols is 1. The number of hydrogen-bond donors (Lipinski definition) is 1. The van der Waals surface area contributed by atoms with E-state index in [4.69, 9.17) is 9.47 Å². The standard InChI is InChI=1S/C18H21NO3.C12H18O/c1-19-8-7-18-11-4-5-13(20)17(18)22-16-14(21-2)6-3-10(15(16)18)9-12(11)19;1-8(2)10-6-5-7-11(9(3)4)12(10)13/h3,6,11-12,17H,4-5,7-9H2,1-2H3;5-9,13H,1-4H3/t11-,12+,17-,18-;/m0./s1. The van der Waals surface area contributed by atoms with Gasteiger partial charge in [0, 0.05) is 23.4 Å². The average molecular weight is 478 g/mol. The van der Waals surface area contributed by atoms with E-state index in [9.17, 15) is 9.90 Å². The highest BCUT2D eigenvalue weighted by Gasteiger charge is 2.65. The fourth-order valence-electron chi connectivity index (χ4n) is 7.18. The topological polar surface area (TPSA) is 59.0 Å². The second kappa shape index (κ2) is 8.85. The maximum Gasteiger partial charge on any atom is 0.174 e. The summed E-state index contributed by atoms with van der Waals surface area (Å²) in [7, 11) is 3.91. The van der Waals surface area contributed by atoms with Gasteiger partial charge in [-0.1, -0.05) is 52.0 Å². The van der Waals surface area contributed by atoms with Crippen LogP contribution in [0.3, 0.4) is 0 Å². The molecular weight excluding hydrogens is 438 g/mol. The second-order valence-corrected chi connectivity index (χ2v) is 11.4. The maximum atomic E-state index is 12.6. The molecule has 2 bridgehead atoms. The molecule has 0 radical (unpaired) electrons. The Labute approximate surface area is 209 Å². The normalized spacial score (nSPS) is 28.3. The number of para-hydroxylation sites is 1. The van der Waals surface area contributed by atoms with Crippen molar-refractivity contribution < 1.29 is 19.4 Å². The summed E-state index contributed by atoms with van der Waals surface area (Å²) in [6.07, 6.45) is 3.47. The first-order valence-electron chi connectivity index (χ1n) is 13.1. The van der Waals surface area contributed by atoms with Gasteiger partial charge in [-0.25, -0.2) is 0 Å². The number of rotatable bonds is 3. The van der Waals surface area contributed by atoms with Gasteiger partial charge in [-0.3, -0.25) is 4.79 Å². The molecule has 2 heterocycles. The fourth-order valence-corrected chi connectivity index (χ4v) is 7.18. The van der Waals surface area contributed by atoms with Crippen LogP contribution in [0.2, 0.25) is 0 Å². The molecule has 0 amide bonds. The zero-order valence-corrected chi connectivity index (χ0v) is 21.9. The highest BCUT2D eigenvalue weighted by Crippen LogP contribution is 2.63. The minimum atomic E-state index is -0.284. The van der Waals surface area contributed by atoms with Gasteiger partial charge in [0.25, 0.3) is 0 Å². The lowest BCUT2D eigenvalue weighted by atomic mass is 9.52.